The summed E-state index contributed by atoms with van der Waals surface area (Å²) in [6.07, 6.45) is 9.15. The highest BCUT2D eigenvalue weighted by molar-refractivity contribution is 6.20. The Morgan fingerprint density at radius 2 is 1.67 bits per heavy atom. The second-order valence-electron chi connectivity index (χ2n) is 5.22. The van der Waals surface area contributed by atoms with E-state index in [1.165, 1.54) is 44.9 Å². The number of hydrogen-bond donors (Lipinski definition) is 0. The molecule has 0 saturated heterocycles. The molecular weight excluding hydrogens is 204 g/mol. The summed E-state index contributed by atoms with van der Waals surface area (Å²) in [5.41, 5.74) is 0. The fraction of sp³-hybridized carbons (Fsp3) is 1.00. The van der Waals surface area contributed by atoms with E-state index >= 15 is 0 Å². The standard InChI is InChI=1S/C14H29Cl/c1-5-7-8-13(6-2)9-10-14(15)11-12(3)4/h12-14H,5-11H2,1-4H3. The summed E-state index contributed by atoms with van der Waals surface area (Å²) >= 11 is 6.31. The second-order valence-corrected chi connectivity index (χ2v) is 5.84. The maximum atomic E-state index is 6.31. The van der Waals surface area contributed by atoms with E-state index < -0.39 is 0 Å². The first kappa shape index (κ1) is 15.3. The molecule has 0 amide bonds. The lowest BCUT2D eigenvalue weighted by atomic mass is 9.92. The summed E-state index contributed by atoms with van der Waals surface area (Å²) in [5.74, 6) is 1.65. The van der Waals surface area contributed by atoms with Crippen LogP contribution in [0.5, 0.6) is 0 Å². The summed E-state index contributed by atoms with van der Waals surface area (Å²) in [4.78, 5) is 0. The van der Waals surface area contributed by atoms with Gasteiger partial charge < -0.3 is 0 Å². The number of rotatable bonds is 9. The number of halogens is 1. The van der Waals surface area contributed by atoms with E-state index in [1.807, 2.05) is 0 Å². The van der Waals surface area contributed by atoms with Gasteiger partial charge in [0.05, 0.1) is 0 Å². The zero-order valence-electron chi connectivity index (χ0n) is 11.1. The average molecular weight is 233 g/mol. The number of unbranched alkanes of at least 4 members (excludes halogenated alkanes) is 1. The average Bonchev–Trinajstić information content (AvgIpc) is 2.17. The maximum absolute atomic E-state index is 6.31. The minimum atomic E-state index is 0.403. The molecule has 0 heterocycles. The lowest BCUT2D eigenvalue weighted by molar-refractivity contribution is 0.396. The predicted molar refractivity (Wildman–Crippen MR) is 71.6 cm³/mol. The maximum Gasteiger partial charge on any atom is 0.0338 e. The highest BCUT2D eigenvalue weighted by Crippen LogP contribution is 2.23. The van der Waals surface area contributed by atoms with Crippen molar-refractivity contribution < 1.29 is 0 Å². The molecular formula is C14H29Cl. The normalized spacial score (nSPS) is 15.6. The Labute approximate surface area is 102 Å². The molecule has 0 aromatic heterocycles. The van der Waals surface area contributed by atoms with Gasteiger partial charge in [0, 0.05) is 5.38 Å². The first-order chi connectivity index (χ1) is 7.10. The van der Waals surface area contributed by atoms with Crippen molar-refractivity contribution in [2.24, 2.45) is 11.8 Å². The minimum absolute atomic E-state index is 0.403. The Balaban J connectivity index is 3.60. The Morgan fingerprint density at radius 3 is 2.13 bits per heavy atom. The molecule has 0 aromatic rings. The third kappa shape index (κ3) is 9.23. The van der Waals surface area contributed by atoms with Gasteiger partial charge in [-0.2, -0.15) is 0 Å². The Kier molecular flexibility index (Phi) is 9.70. The van der Waals surface area contributed by atoms with E-state index in [0.29, 0.717) is 5.38 Å². The van der Waals surface area contributed by atoms with Gasteiger partial charge in [-0.3, -0.25) is 0 Å². The van der Waals surface area contributed by atoms with Crippen molar-refractivity contribution in [2.45, 2.75) is 78.0 Å². The first-order valence-electron chi connectivity index (χ1n) is 6.74. The van der Waals surface area contributed by atoms with E-state index in [0.717, 1.165) is 11.8 Å². The van der Waals surface area contributed by atoms with Gasteiger partial charge in [0.1, 0.15) is 0 Å². The van der Waals surface area contributed by atoms with Gasteiger partial charge >= 0.3 is 0 Å². The van der Waals surface area contributed by atoms with Crippen LogP contribution >= 0.6 is 11.6 Å². The molecule has 0 aromatic carbocycles. The van der Waals surface area contributed by atoms with Crippen molar-refractivity contribution in [3.8, 4) is 0 Å². The van der Waals surface area contributed by atoms with Crippen molar-refractivity contribution in [1.29, 1.82) is 0 Å². The quantitative estimate of drug-likeness (QED) is 0.452. The molecule has 2 unspecified atom stereocenters. The third-order valence-corrected chi connectivity index (χ3v) is 3.55. The molecule has 0 bridgehead atoms. The van der Waals surface area contributed by atoms with Crippen molar-refractivity contribution in [3.05, 3.63) is 0 Å². The molecule has 0 aliphatic rings. The Hall–Kier alpha value is 0.290. The molecule has 2 atom stereocenters. The molecule has 92 valence electrons. The Bertz CT molecular complexity index is 131. The van der Waals surface area contributed by atoms with Gasteiger partial charge in [0.2, 0.25) is 0 Å². The molecule has 0 N–H and O–H groups in total. The van der Waals surface area contributed by atoms with Crippen molar-refractivity contribution in [3.63, 3.8) is 0 Å². The third-order valence-electron chi connectivity index (χ3n) is 3.16. The van der Waals surface area contributed by atoms with E-state index in [-0.39, 0.29) is 0 Å². The smallest absolute Gasteiger partial charge is 0.0338 e. The fourth-order valence-electron chi connectivity index (χ4n) is 2.09. The number of alkyl halides is 1. The summed E-state index contributed by atoms with van der Waals surface area (Å²) in [6, 6.07) is 0. The van der Waals surface area contributed by atoms with Crippen molar-refractivity contribution >= 4 is 11.6 Å². The van der Waals surface area contributed by atoms with Crippen molar-refractivity contribution in [1.82, 2.24) is 0 Å². The highest BCUT2D eigenvalue weighted by Gasteiger charge is 2.11. The van der Waals surface area contributed by atoms with Gasteiger partial charge in [0.15, 0.2) is 0 Å². The molecule has 0 nitrogen and oxygen atoms in total. The number of hydrogen-bond acceptors (Lipinski definition) is 0. The lowest BCUT2D eigenvalue weighted by Crippen LogP contribution is -2.07. The molecule has 0 fully saturated rings. The lowest BCUT2D eigenvalue weighted by Gasteiger charge is -2.17. The van der Waals surface area contributed by atoms with E-state index in [2.05, 4.69) is 27.7 Å². The van der Waals surface area contributed by atoms with Gasteiger partial charge in [-0.05, 0) is 31.1 Å². The monoisotopic (exact) mass is 232 g/mol. The molecule has 0 spiro atoms. The molecule has 0 rings (SSSR count). The summed E-state index contributed by atoms with van der Waals surface area (Å²) in [5, 5.41) is 0.403. The van der Waals surface area contributed by atoms with E-state index in [9.17, 15) is 0 Å². The fourth-order valence-corrected chi connectivity index (χ4v) is 2.57. The van der Waals surface area contributed by atoms with Crippen LogP contribution in [0.1, 0.15) is 72.6 Å². The van der Waals surface area contributed by atoms with Crippen LogP contribution in [-0.4, -0.2) is 5.38 Å². The molecule has 1 heteroatoms. The van der Waals surface area contributed by atoms with Crippen LogP contribution in [0.2, 0.25) is 0 Å². The van der Waals surface area contributed by atoms with E-state index in [1.54, 1.807) is 0 Å². The summed E-state index contributed by atoms with van der Waals surface area (Å²) in [7, 11) is 0. The Morgan fingerprint density at radius 1 is 1.00 bits per heavy atom. The zero-order chi connectivity index (χ0) is 11.7. The van der Waals surface area contributed by atoms with Crippen LogP contribution in [0.3, 0.4) is 0 Å². The predicted octanol–water partition coefficient (Wildman–Crippen LogP) is 5.64. The first-order valence-corrected chi connectivity index (χ1v) is 7.17. The molecule has 15 heavy (non-hydrogen) atoms. The topological polar surface area (TPSA) is 0 Å². The van der Waals surface area contributed by atoms with Crippen LogP contribution in [-0.2, 0) is 0 Å². The van der Waals surface area contributed by atoms with Gasteiger partial charge in [-0.1, -0.05) is 53.4 Å². The summed E-state index contributed by atoms with van der Waals surface area (Å²) in [6.45, 7) is 9.09. The highest BCUT2D eigenvalue weighted by atomic mass is 35.5. The zero-order valence-corrected chi connectivity index (χ0v) is 11.8. The van der Waals surface area contributed by atoms with Crippen LogP contribution in [0.4, 0.5) is 0 Å². The largest absolute Gasteiger partial charge is 0.123 e. The molecule has 0 saturated carbocycles. The molecule has 0 aliphatic carbocycles. The molecule has 0 aliphatic heterocycles. The SMILES string of the molecule is CCCCC(CC)CCC(Cl)CC(C)C. The molecule has 0 radical (unpaired) electrons. The van der Waals surface area contributed by atoms with Crippen LogP contribution in [0.15, 0.2) is 0 Å². The van der Waals surface area contributed by atoms with Gasteiger partial charge in [0.25, 0.3) is 0 Å². The van der Waals surface area contributed by atoms with E-state index in [4.69, 9.17) is 11.6 Å². The van der Waals surface area contributed by atoms with Crippen LogP contribution < -0.4 is 0 Å². The van der Waals surface area contributed by atoms with Gasteiger partial charge in [-0.15, -0.1) is 11.6 Å². The van der Waals surface area contributed by atoms with Crippen molar-refractivity contribution in [2.75, 3.05) is 0 Å². The minimum Gasteiger partial charge on any atom is -0.123 e. The van der Waals surface area contributed by atoms with Crippen LogP contribution in [0.25, 0.3) is 0 Å². The van der Waals surface area contributed by atoms with Crippen LogP contribution in [0, 0.1) is 11.8 Å². The van der Waals surface area contributed by atoms with Gasteiger partial charge in [-0.25, -0.2) is 0 Å². The second kappa shape index (κ2) is 9.51. The summed E-state index contributed by atoms with van der Waals surface area (Å²) < 4.78 is 0.